The van der Waals surface area contributed by atoms with Crippen molar-refractivity contribution in [2.75, 3.05) is 20.1 Å². The fourth-order valence-corrected chi connectivity index (χ4v) is 2.92. The van der Waals surface area contributed by atoms with Crippen LogP contribution >= 0.6 is 0 Å². The molecule has 1 aliphatic heterocycles. The molecule has 1 fully saturated rings. The second-order valence-corrected chi connectivity index (χ2v) is 5.76. The van der Waals surface area contributed by atoms with Crippen molar-refractivity contribution in [2.24, 2.45) is 0 Å². The number of hydrogen-bond donors (Lipinski definition) is 1. The summed E-state index contributed by atoms with van der Waals surface area (Å²) in [4.78, 5) is 14.7. The number of piperidine rings is 1. The third kappa shape index (κ3) is 2.90. The van der Waals surface area contributed by atoms with E-state index in [1.165, 1.54) is 0 Å². The van der Waals surface area contributed by atoms with Crippen LogP contribution in [0, 0.1) is 6.92 Å². The summed E-state index contributed by atoms with van der Waals surface area (Å²) >= 11 is 0. The van der Waals surface area contributed by atoms with E-state index in [0.29, 0.717) is 11.6 Å². The van der Waals surface area contributed by atoms with E-state index in [1.807, 2.05) is 55.4 Å². The predicted octanol–water partition coefficient (Wildman–Crippen LogP) is 2.00. The summed E-state index contributed by atoms with van der Waals surface area (Å²) in [5.41, 5.74) is 2.45. The van der Waals surface area contributed by atoms with Crippen LogP contribution in [0.3, 0.4) is 0 Å². The van der Waals surface area contributed by atoms with Crippen molar-refractivity contribution in [1.29, 1.82) is 0 Å². The Morgan fingerprint density at radius 1 is 1.23 bits per heavy atom. The van der Waals surface area contributed by atoms with Crippen LogP contribution in [0.15, 0.2) is 36.5 Å². The molecule has 22 heavy (non-hydrogen) atoms. The second-order valence-electron chi connectivity index (χ2n) is 5.76. The number of carbonyl (C=O) groups excluding carboxylic acids is 1. The number of benzene rings is 1. The molecule has 2 aromatic rings. The van der Waals surface area contributed by atoms with Crippen molar-refractivity contribution in [2.45, 2.75) is 25.8 Å². The van der Waals surface area contributed by atoms with Crippen LogP contribution in [0.4, 0.5) is 0 Å². The van der Waals surface area contributed by atoms with Crippen LogP contribution in [0.2, 0.25) is 0 Å². The van der Waals surface area contributed by atoms with Crippen molar-refractivity contribution in [3.8, 4) is 5.69 Å². The molecular formula is C17H22N4O. The zero-order valence-corrected chi connectivity index (χ0v) is 13.1. The first-order valence-electron chi connectivity index (χ1n) is 7.77. The number of aromatic nitrogens is 2. The van der Waals surface area contributed by atoms with Crippen LogP contribution in [-0.4, -0.2) is 46.8 Å². The fraction of sp³-hybridized carbons (Fsp3) is 0.412. The quantitative estimate of drug-likeness (QED) is 0.943. The van der Waals surface area contributed by atoms with E-state index in [1.54, 1.807) is 4.68 Å². The molecule has 5 nitrogen and oxygen atoms in total. The van der Waals surface area contributed by atoms with Gasteiger partial charge in [-0.25, -0.2) is 4.68 Å². The predicted molar refractivity (Wildman–Crippen MR) is 86.3 cm³/mol. The Morgan fingerprint density at radius 3 is 2.55 bits per heavy atom. The Balaban J connectivity index is 1.78. The zero-order valence-electron chi connectivity index (χ0n) is 13.1. The van der Waals surface area contributed by atoms with Crippen molar-refractivity contribution in [1.82, 2.24) is 20.0 Å². The molecule has 0 saturated carbocycles. The van der Waals surface area contributed by atoms with Crippen molar-refractivity contribution < 1.29 is 4.79 Å². The smallest absolute Gasteiger partial charge is 0.257 e. The van der Waals surface area contributed by atoms with Crippen LogP contribution < -0.4 is 5.32 Å². The number of amides is 1. The summed E-state index contributed by atoms with van der Waals surface area (Å²) in [5, 5.41) is 7.77. The van der Waals surface area contributed by atoms with E-state index in [0.717, 1.165) is 37.3 Å². The van der Waals surface area contributed by atoms with Gasteiger partial charge in [0.1, 0.15) is 0 Å². The molecule has 0 unspecified atom stereocenters. The molecule has 0 atom stereocenters. The zero-order chi connectivity index (χ0) is 15.5. The van der Waals surface area contributed by atoms with Gasteiger partial charge in [0.25, 0.3) is 5.91 Å². The van der Waals surface area contributed by atoms with E-state index in [-0.39, 0.29) is 5.91 Å². The highest BCUT2D eigenvalue weighted by Crippen LogP contribution is 2.17. The Morgan fingerprint density at radius 2 is 1.91 bits per heavy atom. The van der Waals surface area contributed by atoms with Crippen LogP contribution in [0.5, 0.6) is 0 Å². The molecule has 0 bridgehead atoms. The largest absolute Gasteiger partial charge is 0.338 e. The third-order valence-electron chi connectivity index (χ3n) is 4.34. The summed E-state index contributed by atoms with van der Waals surface area (Å²) in [5.74, 6) is 0.0919. The number of hydrogen-bond acceptors (Lipinski definition) is 3. The van der Waals surface area contributed by atoms with E-state index in [4.69, 9.17) is 0 Å². The Hall–Kier alpha value is -2.14. The number of likely N-dealkylation sites (tertiary alicyclic amines) is 1. The molecule has 3 rings (SSSR count). The van der Waals surface area contributed by atoms with Crippen LogP contribution in [-0.2, 0) is 0 Å². The summed E-state index contributed by atoms with van der Waals surface area (Å²) < 4.78 is 1.78. The maximum absolute atomic E-state index is 12.7. The first-order valence-corrected chi connectivity index (χ1v) is 7.77. The summed E-state index contributed by atoms with van der Waals surface area (Å²) in [6, 6.07) is 10.4. The van der Waals surface area contributed by atoms with Gasteiger partial charge in [-0.1, -0.05) is 18.2 Å². The van der Waals surface area contributed by atoms with Gasteiger partial charge in [-0.15, -0.1) is 0 Å². The van der Waals surface area contributed by atoms with Gasteiger partial charge in [0.05, 0.1) is 16.9 Å². The molecule has 1 saturated heterocycles. The standard InChI is InChI=1S/C17H22N4O/c1-13-16(12-21(19-13)15-6-4-3-5-7-15)17(22)20-10-8-14(18-2)9-11-20/h3-7,12,14,18H,8-11H2,1-2H3. The molecule has 1 aromatic heterocycles. The molecule has 1 aromatic carbocycles. The average molecular weight is 298 g/mol. The Labute approximate surface area is 130 Å². The molecule has 0 radical (unpaired) electrons. The minimum Gasteiger partial charge on any atom is -0.338 e. The van der Waals surface area contributed by atoms with Gasteiger partial charge in [0.2, 0.25) is 0 Å². The topological polar surface area (TPSA) is 50.2 Å². The first kappa shape index (κ1) is 14.8. The number of aryl methyl sites for hydroxylation is 1. The Kier molecular flexibility index (Phi) is 4.24. The molecule has 2 heterocycles. The monoisotopic (exact) mass is 298 g/mol. The highest BCUT2D eigenvalue weighted by atomic mass is 16.2. The van der Waals surface area contributed by atoms with Gasteiger partial charge < -0.3 is 10.2 Å². The van der Waals surface area contributed by atoms with Gasteiger partial charge in [-0.2, -0.15) is 5.10 Å². The maximum atomic E-state index is 12.7. The summed E-state index contributed by atoms with van der Waals surface area (Å²) in [6.45, 7) is 3.51. The molecule has 1 aliphatic rings. The number of rotatable bonds is 3. The minimum atomic E-state index is 0.0919. The number of nitrogens with zero attached hydrogens (tertiary/aromatic N) is 3. The molecule has 5 heteroatoms. The average Bonchev–Trinajstić information content (AvgIpc) is 2.97. The van der Waals surface area contributed by atoms with Crippen molar-refractivity contribution in [3.05, 3.63) is 47.8 Å². The second kappa shape index (κ2) is 6.32. The first-order chi connectivity index (χ1) is 10.7. The SMILES string of the molecule is CNC1CCN(C(=O)c2cn(-c3ccccc3)nc2C)CC1. The van der Waals surface area contributed by atoms with Gasteiger partial charge in [0.15, 0.2) is 0 Å². The lowest BCUT2D eigenvalue weighted by atomic mass is 10.0. The number of nitrogens with one attached hydrogen (secondary N) is 1. The van der Waals surface area contributed by atoms with Gasteiger partial charge >= 0.3 is 0 Å². The lowest BCUT2D eigenvalue weighted by molar-refractivity contribution is 0.0706. The van der Waals surface area contributed by atoms with Crippen LogP contribution in [0.25, 0.3) is 5.69 Å². The van der Waals surface area contributed by atoms with E-state index < -0.39 is 0 Å². The molecule has 0 aliphatic carbocycles. The van der Waals surface area contributed by atoms with Crippen LogP contribution in [0.1, 0.15) is 28.9 Å². The van der Waals surface area contributed by atoms with Crippen molar-refractivity contribution >= 4 is 5.91 Å². The minimum absolute atomic E-state index is 0.0919. The van der Waals surface area contributed by atoms with E-state index >= 15 is 0 Å². The maximum Gasteiger partial charge on any atom is 0.257 e. The summed E-state index contributed by atoms with van der Waals surface area (Å²) in [7, 11) is 1.98. The Bertz CT molecular complexity index is 642. The molecular weight excluding hydrogens is 276 g/mol. The number of para-hydroxylation sites is 1. The number of carbonyl (C=O) groups is 1. The van der Waals surface area contributed by atoms with Gasteiger partial charge in [0, 0.05) is 25.3 Å². The molecule has 116 valence electrons. The van der Waals surface area contributed by atoms with Gasteiger partial charge in [-0.3, -0.25) is 4.79 Å². The normalized spacial score (nSPS) is 16.0. The highest BCUT2D eigenvalue weighted by molar-refractivity contribution is 5.95. The van der Waals surface area contributed by atoms with E-state index in [2.05, 4.69) is 10.4 Å². The third-order valence-corrected chi connectivity index (χ3v) is 4.34. The lowest BCUT2D eigenvalue weighted by Gasteiger charge is -2.31. The summed E-state index contributed by atoms with van der Waals surface area (Å²) in [6.07, 6.45) is 3.86. The lowest BCUT2D eigenvalue weighted by Crippen LogP contribution is -2.44. The van der Waals surface area contributed by atoms with Crippen molar-refractivity contribution in [3.63, 3.8) is 0 Å². The molecule has 1 N–H and O–H groups in total. The molecule has 0 spiro atoms. The van der Waals surface area contributed by atoms with E-state index in [9.17, 15) is 4.79 Å². The fourth-order valence-electron chi connectivity index (χ4n) is 2.92. The van der Waals surface area contributed by atoms with Gasteiger partial charge in [-0.05, 0) is 38.9 Å². The molecule has 1 amide bonds. The highest BCUT2D eigenvalue weighted by Gasteiger charge is 2.25.